The molecule has 4 heteroatoms. The first-order valence-electron chi connectivity index (χ1n) is 11.8. The Bertz CT molecular complexity index is 542. The maximum absolute atomic E-state index is 11.9. The van der Waals surface area contributed by atoms with E-state index in [0.717, 1.165) is 12.8 Å². The van der Waals surface area contributed by atoms with E-state index in [1.165, 1.54) is 108 Å². The quantitative estimate of drug-likeness (QED) is 0.150. The van der Waals surface area contributed by atoms with Gasteiger partial charge in [-0.05, 0) is 18.6 Å². The fraction of sp³-hybridized carbons (Fsp3) is 0.720. The molecule has 0 aromatic heterocycles. The minimum Gasteiger partial charge on any atom is -0.504 e. The lowest BCUT2D eigenvalue weighted by atomic mass is 10.0. The van der Waals surface area contributed by atoms with Crippen molar-refractivity contribution in [3.63, 3.8) is 0 Å². The Hall–Kier alpha value is -1.71. The molecule has 1 rings (SSSR count). The van der Waals surface area contributed by atoms with Crippen LogP contribution in [0, 0.1) is 0 Å². The zero-order chi connectivity index (χ0) is 21.2. The molecule has 0 unspecified atom stereocenters. The van der Waals surface area contributed by atoms with Gasteiger partial charge in [-0.3, -0.25) is 0 Å². The number of para-hydroxylation sites is 1. The first kappa shape index (κ1) is 25.3. The number of unbranched alkanes of at least 4 members (excludes halogenated alkanes) is 15. The normalized spacial score (nSPS) is 10.9. The maximum Gasteiger partial charge on any atom is 0.342 e. The van der Waals surface area contributed by atoms with E-state index in [0.29, 0.717) is 6.61 Å². The number of phenols is 2. The molecule has 1 aromatic rings. The van der Waals surface area contributed by atoms with Crippen molar-refractivity contribution in [3.8, 4) is 11.5 Å². The van der Waals surface area contributed by atoms with Gasteiger partial charge in [0.05, 0.1) is 6.61 Å². The monoisotopic (exact) mass is 406 g/mol. The van der Waals surface area contributed by atoms with Crippen molar-refractivity contribution < 1.29 is 19.7 Å². The molecule has 1 aromatic carbocycles. The molecule has 166 valence electrons. The maximum atomic E-state index is 11.9. The number of carbonyl (C=O) groups excluding carboxylic acids is 1. The molecular weight excluding hydrogens is 364 g/mol. The highest BCUT2D eigenvalue weighted by molar-refractivity contribution is 5.93. The van der Waals surface area contributed by atoms with Crippen molar-refractivity contribution in [1.29, 1.82) is 0 Å². The van der Waals surface area contributed by atoms with Gasteiger partial charge in [0, 0.05) is 0 Å². The van der Waals surface area contributed by atoms with E-state index in [9.17, 15) is 15.0 Å². The number of rotatable bonds is 18. The summed E-state index contributed by atoms with van der Waals surface area (Å²) in [6.45, 7) is 2.62. The van der Waals surface area contributed by atoms with Crippen LogP contribution in [-0.4, -0.2) is 22.8 Å². The van der Waals surface area contributed by atoms with Crippen LogP contribution >= 0.6 is 0 Å². The van der Waals surface area contributed by atoms with Crippen LogP contribution in [0.3, 0.4) is 0 Å². The number of hydrogen-bond acceptors (Lipinski definition) is 4. The lowest BCUT2D eigenvalue weighted by molar-refractivity contribution is 0.0493. The molecule has 0 amide bonds. The first-order valence-corrected chi connectivity index (χ1v) is 11.8. The summed E-state index contributed by atoms with van der Waals surface area (Å²) in [5, 5.41) is 19.1. The lowest BCUT2D eigenvalue weighted by Gasteiger charge is -2.07. The topological polar surface area (TPSA) is 66.8 Å². The molecule has 0 heterocycles. The van der Waals surface area contributed by atoms with Crippen molar-refractivity contribution in [1.82, 2.24) is 0 Å². The van der Waals surface area contributed by atoms with Gasteiger partial charge in [0.1, 0.15) is 5.56 Å². The Morgan fingerprint density at radius 1 is 0.724 bits per heavy atom. The fourth-order valence-electron chi connectivity index (χ4n) is 3.59. The third-order valence-electron chi connectivity index (χ3n) is 5.47. The Labute approximate surface area is 177 Å². The summed E-state index contributed by atoms with van der Waals surface area (Å²) in [5.74, 6) is -1.30. The van der Waals surface area contributed by atoms with Crippen LogP contribution < -0.4 is 0 Å². The van der Waals surface area contributed by atoms with Crippen LogP contribution in [0.4, 0.5) is 0 Å². The predicted molar refractivity (Wildman–Crippen MR) is 120 cm³/mol. The smallest absolute Gasteiger partial charge is 0.342 e. The van der Waals surface area contributed by atoms with Crippen LogP contribution in [0.15, 0.2) is 18.2 Å². The fourth-order valence-corrected chi connectivity index (χ4v) is 3.59. The summed E-state index contributed by atoms with van der Waals surface area (Å²) < 4.78 is 5.17. The summed E-state index contributed by atoms with van der Waals surface area (Å²) >= 11 is 0. The zero-order valence-electron chi connectivity index (χ0n) is 18.5. The number of esters is 1. The third kappa shape index (κ3) is 12.5. The summed E-state index contributed by atoms with van der Waals surface area (Å²) in [4.78, 5) is 11.9. The molecule has 4 nitrogen and oxygen atoms in total. The molecule has 29 heavy (non-hydrogen) atoms. The average molecular weight is 407 g/mol. The standard InChI is InChI=1S/C25H42O4/c1-2-3-4-5-6-7-8-9-10-11-12-13-14-15-16-17-21-29-25(28)22-19-18-20-23(26)24(22)27/h18-20,26-27H,2-17,21H2,1H3. The number of carbonyl (C=O) groups is 1. The minimum atomic E-state index is -0.584. The second kappa shape index (κ2) is 17.2. The highest BCUT2D eigenvalue weighted by Crippen LogP contribution is 2.28. The van der Waals surface area contributed by atoms with E-state index < -0.39 is 11.7 Å². The molecule has 0 bridgehead atoms. The van der Waals surface area contributed by atoms with E-state index in [4.69, 9.17) is 4.74 Å². The van der Waals surface area contributed by atoms with Crippen LogP contribution in [-0.2, 0) is 4.74 Å². The Morgan fingerprint density at radius 3 is 1.66 bits per heavy atom. The second-order valence-electron chi connectivity index (χ2n) is 8.11. The van der Waals surface area contributed by atoms with Gasteiger partial charge in [-0.15, -0.1) is 0 Å². The van der Waals surface area contributed by atoms with Gasteiger partial charge in [-0.2, -0.15) is 0 Å². The highest BCUT2D eigenvalue weighted by atomic mass is 16.5. The Kier molecular flexibility index (Phi) is 15.0. The Morgan fingerprint density at radius 2 is 1.17 bits per heavy atom. The number of phenolic OH excluding ortho intramolecular Hbond substituents is 2. The summed E-state index contributed by atoms with van der Waals surface area (Å²) in [7, 11) is 0. The largest absolute Gasteiger partial charge is 0.504 e. The summed E-state index contributed by atoms with van der Waals surface area (Å²) in [5.41, 5.74) is 0.0153. The first-order chi connectivity index (χ1) is 14.2. The molecule has 0 radical (unpaired) electrons. The van der Waals surface area contributed by atoms with Crippen LogP contribution in [0.1, 0.15) is 120 Å². The SMILES string of the molecule is CCCCCCCCCCCCCCCCCCOC(=O)c1cccc(O)c1O. The zero-order valence-corrected chi connectivity index (χ0v) is 18.5. The van der Waals surface area contributed by atoms with E-state index >= 15 is 0 Å². The van der Waals surface area contributed by atoms with Crippen molar-refractivity contribution in [3.05, 3.63) is 23.8 Å². The van der Waals surface area contributed by atoms with E-state index in [1.54, 1.807) is 0 Å². The minimum absolute atomic E-state index is 0.0153. The van der Waals surface area contributed by atoms with Gasteiger partial charge in [0.2, 0.25) is 0 Å². The van der Waals surface area contributed by atoms with Gasteiger partial charge in [0.25, 0.3) is 0 Å². The summed E-state index contributed by atoms with van der Waals surface area (Å²) in [6.07, 6.45) is 20.9. The van der Waals surface area contributed by atoms with Gasteiger partial charge < -0.3 is 14.9 Å². The van der Waals surface area contributed by atoms with Gasteiger partial charge >= 0.3 is 5.97 Å². The van der Waals surface area contributed by atoms with Gasteiger partial charge in [0.15, 0.2) is 11.5 Å². The van der Waals surface area contributed by atoms with Crippen molar-refractivity contribution >= 4 is 5.97 Å². The van der Waals surface area contributed by atoms with Gasteiger partial charge in [-0.25, -0.2) is 4.79 Å². The molecular formula is C25H42O4. The molecule has 0 saturated carbocycles. The number of ether oxygens (including phenoxy) is 1. The molecule has 0 aliphatic heterocycles. The third-order valence-corrected chi connectivity index (χ3v) is 5.47. The second-order valence-corrected chi connectivity index (χ2v) is 8.11. The molecule has 0 atom stereocenters. The van der Waals surface area contributed by atoms with Crippen molar-refractivity contribution in [2.75, 3.05) is 6.61 Å². The molecule has 2 N–H and O–H groups in total. The van der Waals surface area contributed by atoms with Crippen molar-refractivity contribution in [2.45, 2.75) is 110 Å². The lowest BCUT2D eigenvalue weighted by Crippen LogP contribution is -2.06. The van der Waals surface area contributed by atoms with Crippen molar-refractivity contribution in [2.24, 2.45) is 0 Å². The van der Waals surface area contributed by atoms with E-state index in [-0.39, 0.29) is 11.3 Å². The van der Waals surface area contributed by atoms with Crippen LogP contribution in [0.5, 0.6) is 11.5 Å². The summed E-state index contributed by atoms with van der Waals surface area (Å²) in [6, 6.07) is 4.30. The molecule has 0 aliphatic carbocycles. The Balaban J connectivity index is 1.84. The number of aromatic hydroxyl groups is 2. The van der Waals surface area contributed by atoms with E-state index in [2.05, 4.69) is 6.92 Å². The van der Waals surface area contributed by atoms with Gasteiger partial charge in [-0.1, -0.05) is 109 Å². The molecule has 0 spiro atoms. The number of benzene rings is 1. The molecule has 0 fully saturated rings. The number of hydrogen-bond donors (Lipinski definition) is 2. The average Bonchev–Trinajstić information content (AvgIpc) is 2.72. The molecule has 0 saturated heterocycles. The molecule has 0 aliphatic rings. The van der Waals surface area contributed by atoms with Crippen LogP contribution in [0.25, 0.3) is 0 Å². The van der Waals surface area contributed by atoms with E-state index in [1.807, 2.05) is 0 Å². The highest BCUT2D eigenvalue weighted by Gasteiger charge is 2.14. The van der Waals surface area contributed by atoms with Crippen LogP contribution in [0.2, 0.25) is 0 Å². The predicted octanol–water partition coefficient (Wildman–Crippen LogP) is 7.52.